The highest BCUT2D eigenvalue weighted by molar-refractivity contribution is 6.11. The number of aryl methyl sites for hydroxylation is 2. The fraction of sp³-hybridized carbons (Fsp3) is 0.444. The number of hydrogen-bond acceptors (Lipinski definition) is 7. The third kappa shape index (κ3) is 5.87. The molecule has 0 spiro atoms. The predicted octanol–water partition coefficient (Wildman–Crippen LogP) is 4.43. The smallest absolute Gasteiger partial charge is 0.410 e. The minimum atomic E-state index is -0.551. The number of nitrogens with one attached hydrogen (secondary N) is 1. The van der Waals surface area contributed by atoms with Crippen molar-refractivity contribution in [1.82, 2.24) is 29.6 Å². The number of H-pyrrole nitrogens is 1. The lowest BCUT2D eigenvalue weighted by Crippen LogP contribution is -2.34. The van der Waals surface area contributed by atoms with Gasteiger partial charge in [-0.25, -0.2) is 14.8 Å². The van der Waals surface area contributed by atoms with Crippen molar-refractivity contribution in [2.45, 2.75) is 59.6 Å². The maximum absolute atomic E-state index is 12.1. The minimum Gasteiger partial charge on any atom is -0.491 e. The quantitative estimate of drug-likeness (QED) is 0.310. The Morgan fingerprint density at radius 2 is 1.92 bits per heavy atom. The van der Waals surface area contributed by atoms with E-state index >= 15 is 0 Å². The first-order chi connectivity index (χ1) is 18.0. The molecule has 3 N–H and O–H groups in total. The van der Waals surface area contributed by atoms with Crippen LogP contribution in [0.4, 0.5) is 4.79 Å². The molecule has 0 aliphatic rings. The number of unbranched alkanes of at least 4 members (excludes halogenated alkanes) is 1. The Morgan fingerprint density at radius 3 is 2.61 bits per heavy atom. The van der Waals surface area contributed by atoms with Crippen LogP contribution in [0.3, 0.4) is 0 Å². The van der Waals surface area contributed by atoms with E-state index in [1.165, 1.54) is 0 Å². The molecule has 0 fully saturated rings. The highest BCUT2D eigenvalue weighted by atomic mass is 16.6. The van der Waals surface area contributed by atoms with E-state index in [0.29, 0.717) is 54.4 Å². The van der Waals surface area contributed by atoms with Crippen molar-refractivity contribution in [1.29, 1.82) is 0 Å². The number of rotatable bonds is 9. The van der Waals surface area contributed by atoms with Gasteiger partial charge in [-0.3, -0.25) is 9.48 Å². The number of aromatic amines is 1. The van der Waals surface area contributed by atoms with Gasteiger partial charge in [0, 0.05) is 42.7 Å². The zero-order valence-electron chi connectivity index (χ0n) is 22.8. The van der Waals surface area contributed by atoms with E-state index in [-0.39, 0.29) is 6.09 Å². The van der Waals surface area contributed by atoms with Crippen LogP contribution in [0.5, 0.6) is 5.75 Å². The first kappa shape index (κ1) is 26.9. The first-order valence-corrected chi connectivity index (χ1v) is 12.7. The third-order valence-corrected chi connectivity index (χ3v) is 5.99. The Bertz CT molecular complexity index is 1480. The van der Waals surface area contributed by atoms with Crippen molar-refractivity contribution >= 4 is 33.9 Å². The van der Waals surface area contributed by atoms with Gasteiger partial charge in [0.1, 0.15) is 22.7 Å². The Hall–Kier alpha value is -4.15. The van der Waals surface area contributed by atoms with Gasteiger partial charge < -0.3 is 25.1 Å². The number of carbonyl (C=O) groups excluding carboxylic acids is 2. The molecule has 202 valence electrons. The van der Waals surface area contributed by atoms with Crippen LogP contribution in [-0.4, -0.2) is 67.4 Å². The number of benzene rings is 1. The number of ether oxygens (including phenoxy) is 2. The Kier molecular flexibility index (Phi) is 7.56. The number of nitrogens with zero attached hydrogens (tertiary/aromatic N) is 5. The largest absolute Gasteiger partial charge is 0.491 e. The molecule has 0 radical (unpaired) electrons. The molecule has 3 heterocycles. The summed E-state index contributed by atoms with van der Waals surface area (Å²) in [5.74, 6) is 0.508. The molecule has 4 aromatic rings. The average molecular weight is 522 g/mol. The summed E-state index contributed by atoms with van der Waals surface area (Å²) in [5.41, 5.74) is 8.46. The lowest BCUT2D eigenvalue weighted by molar-refractivity contribution is 0.0294. The molecule has 0 unspecified atom stereocenters. The second-order valence-corrected chi connectivity index (χ2v) is 10.3. The van der Waals surface area contributed by atoms with Crippen LogP contribution >= 0.6 is 0 Å². The molecule has 3 aromatic heterocycles. The number of amides is 2. The molecule has 38 heavy (non-hydrogen) atoms. The summed E-state index contributed by atoms with van der Waals surface area (Å²) in [6, 6.07) is 5.31. The van der Waals surface area contributed by atoms with Crippen molar-refractivity contribution in [3.63, 3.8) is 0 Å². The van der Waals surface area contributed by atoms with Gasteiger partial charge >= 0.3 is 6.09 Å². The Morgan fingerprint density at radius 1 is 1.16 bits per heavy atom. The van der Waals surface area contributed by atoms with E-state index in [9.17, 15) is 9.59 Å². The van der Waals surface area contributed by atoms with Crippen LogP contribution in [0.1, 0.15) is 56.6 Å². The zero-order chi connectivity index (χ0) is 27.6. The molecule has 11 nitrogen and oxygen atoms in total. The summed E-state index contributed by atoms with van der Waals surface area (Å²) < 4.78 is 13.3. The van der Waals surface area contributed by atoms with E-state index in [1.54, 1.807) is 30.3 Å². The summed E-state index contributed by atoms with van der Waals surface area (Å²) >= 11 is 0. The summed E-state index contributed by atoms with van der Waals surface area (Å²) in [4.78, 5) is 38.4. The van der Waals surface area contributed by atoms with E-state index in [4.69, 9.17) is 20.2 Å². The Balaban J connectivity index is 1.54. The van der Waals surface area contributed by atoms with Gasteiger partial charge in [-0.05, 0) is 65.7 Å². The van der Waals surface area contributed by atoms with E-state index in [2.05, 4.69) is 15.1 Å². The lowest BCUT2D eigenvalue weighted by atomic mass is 10.1. The molecule has 0 saturated carbocycles. The monoisotopic (exact) mass is 521 g/mol. The molecule has 0 aliphatic heterocycles. The van der Waals surface area contributed by atoms with Gasteiger partial charge in [-0.2, -0.15) is 5.10 Å². The van der Waals surface area contributed by atoms with Crippen LogP contribution in [-0.2, 0) is 11.3 Å². The molecule has 1 aromatic carbocycles. The summed E-state index contributed by atoms with van der Waals surface area (Å²) in [7, 11) is 1.71. The summed E-state index contributed by atoms with van der Waals surface area (Å²) in [6.45, 7) is 11.1. The summed E-state index contributed by atoms with van der Waals surface area (Å²) in [6.07, 6.45) is 2.80. The zero-order valence-corrected chi connectivity index (χ0v) is 22.8. The molecule has 0 atom stereocenters. The molecule has 4 rings (SSSR count). The first-order valence-electron chi connectivity index (χ1n) is 12.7. The van der Waals surface area contributed by atoms with Crippen molar-refractivity contribution in [3.05, 3.63) is 35.7 Å². The van der Waals surface area contributed by atoms with Crippen LogP contribution in [0.25, 0.3) is 33.5 Å². The van der Waals surface area contributed by atoms with Crippen LogP contribution in [0.2, 0.25) is 0 Å². The van der Waals surface area contributed by atoms with E-state index in [0.717, 1.165) is 28.6 Å². The van der Waals surface area contributed by atoms with Crippen LogP contribution in [0.15, 0.2) is 24.4 Å². The average Bonchev–Trinajstić information content (AvgIpc) is 3.41. The number of fused-ring (bicyclic) bond motifs is 3. The molecule has 0 bridgehead atoms. The van der Waals surface area contributed by atoms with E-state index < -0.39 is 11.5 Å². The molecule has 2 amide bonds. The SMILES string of the molecule is CCn1nc(C)cc1-c1ncc2c(n1)[nH]c1c(OCCCCN(C)C(=O)OC(C)(C)C)cc(C(N)=O)cc12. The minimum absolute atomic E-state index is 0.335. The van der Waals surface area contributed by atoms with Crippen LogP contribution in [0, 0.1) is 6.92 Å². The van der Waals surface area contributed by atoms with Crippen molar-refractivity contribution in [2.24, 2.45) is 5.73 Å². The maximum atomic E-state index is 12.1. The number of carbonyl (C=O) groups is 2. The van der Waals surface area contributed by atoms with Gasteiger partial charge in [0.05, 0.1) is 17.8 Å². The topological polar surface area (TPSA) is 141 Å². The highest BCUT2D eigenvalue weighted by Crippen LogP contribution is 2.33. The summed E-state index contributed by atoms with van der Waals surface area (Å²) in [5, 5.41) is 6.00. The number of hydrogen-bond donors (Lipinski definition) is 2. The fourth-order valence-electron chi connectivity index (χ4n) is 4.16. The second kappa shape index (κ2) is 10.7. The van der Waals surface area contributed by atoms with Crippen molar-refractivity contribution < 1.29 is 19.1 Å². The normalized spacial score (nSPS) is 11.7. The fourth-order valence-corrected chi connectivity index (χ4v) is 4.16. The van der Waals surface area contributed by atoms with Crippen LogP contribution < -0.4 is 10.5 Å². The maximum Gasteiger partial charge on any atom is 0.410 e. The standard InChI is InChI=1S/C27H35N7O4/c1-7-34-20(12-16(2)32-34)25-29-15-19-18-13-17(23(28)35)14-21(22(18)30-24(19)31-25)37-11-9-8-10-33(6)26(36)38-27(3,4)5/h12-15H,7-11H2,1-6H3,(H2,28,35)(H,29,30,31). The van der Waals surface area contributed by atoms with Gasteiger partial charge in [0.25, 0.3) is 0 Å². The van der Waals surface area contributed by atoms with Crippen molar-refractivity contribution in [3.8, 4) is 17.3 Å². The highest BCUT2D eigenvalue weighted by Gasteiger charge is 2.20. The Labute approximate surface area is 221 Å². The lowest BCUT2D eigenvalue weighted by Gasteiger charge is -2.24. The van der Waals surface area contributed by atoms with Gasteiger partial charge in [0.15, 0.2) is 5.82 Å². The molecule has 0 saturated heterocycles. The molecular weight excluding hydrogens is 486 g/mol. The number of aromatic nitrogens is 5. The van der Waals surface area contributed by atoms with Gasteiger partial charge in [-0.1, -0.05) is 0 Å². The van der Waals surface area contributed by atoms with Crippen molar-refractivity contribution in [2.75, 3.05) is 20.2 Å². The van der Waals surface area contributed by atoms with E-state index in [1.807, 2.05) is 45.4 Å². The third-order valence-electron chi connectivity index (χ3n) is 5.99. The predicted molar refractivity (Wildman–Crippen MR) is 145 cm³/mol. The molecule has 0 aliphatic carbocycles. The second-order valence-electron chi connectivity index (χ2n) is 10.3. The molecule has 11 heteroatoms. The van der Waals surface area contributed by atoms with Gasteiger partial charge in [-0.15, -0.1) is 0 Å². The molecular formula is C27H35N7O4. The number of primary amides is 1. The number of nitrogens with two attached hydrogens (primary N) is 1. The van der Waals surface area contributed by atoms with Gasteiger partial charge in [0.2, 0.25) is 5.91 Å².